The molecule has 1 atom stereocenters. The van der Waals surface area contributed by atoms with Crippen LogP contribution in [0.5, 0.6) is 0 Å². The van der Waals surface area contributed by atoms with Crippen LogP contribution in [0.4, 0.5) is 0 Å². The van der Waals surface area contributed by atoms with Gasteiger partial charge in [0.1, 0.15) is 5.76 Å². The molecule has 1 aliphatic rings. The molecule has 0 saturated carbocycles. The minimum Gasteiger partial charge on any atom is -0.508 e. The first kappa shape index (κ1) is 12.4. The van der Waals surface area contributed by atoms with Crippen LogP contribution in [0.25, 0.3) is 0 Å². The molecule has 15 heavy (non-hydrogen) atoms. The summed E-state index contributed by atoms with van der Waals surface area (Å²) in [5.41, 5.74) is 0.491. The van der Waals surface area contributed by atoms with E-state index >= 15 is 0 Å². The maximum atomic E-state index is 9.41. The number of allylic oxidation sites excluding steroid dienone is 3. The normalized spacial score (nSPS) is 26.5. The highest BCUT2D eigenvalue weighted by atomic mass is 16.3. The predicted molar refractivity (Wildman–Crippen MR) is 65.9 cm³/mol. The summed E-state index contributed by atoms with van der Waals surface area (Å²) < 4.78 is 0. The molecule has 0 fully saturated rings. The molecule has 86 valence electrons. The van der Waals surface area contributed by atoms with E-state index in [-0.39, 0.29) is 10.8 Å². The molecular weight excluding hydrogens is 184 g/mol. The minimum atomic E-state index is 0.231. The lowest BCUT2D eigenvalue weighted by molar-refractivity contribution is 0.127. The second-order valence-corrected chi connectivity index (χ2v) is 5.68. The monoisotopic (exact) mass is 208 g/mol. The third-order valence-corrected chi connectivity index (χ3v) is 3.72. The van der Waals surface area contributed by atoms with E-state index < -0.39 is 0 Å². The van der Waals surface area contributed by atoms with Crippen LogP contribution in [-0.2, 0) is 0 Å². The van der Waals surface area contributed by atoms with Crippen molar-refractivity contribution in [2.75, 3.05) is 0 Å². The number of hydrogen-bond acceptors (Lipinski definition) is 1. The summed E-state index contributed by atoms with van der Waals surface area (Å²) in [6, 6.07) is 0. The van der Waals surface area contributed by atoms with Gasteiger partial charge in [-0.1, -0.05) is 46.6 Å². The maximum absolute atomic E-state index is 9.41. The number of aliphatic hydroxyl groups excluding tert-OH is 1. The zero-order valence-corrected chi connectivity index (χ0v) is 10.5. The van der Waals surface area contributed by atoms with Gasteiger partial charge in [0.2, 0.25) is 0 Å². The Labute approximate surface area is 93.9 Å². The third kappa shape index (κ3) is 2.64. The lowest BCUT2D eigenvalue weighted by Crippen LogP contribution is -2.34. The van der Waals surface area contributed by atoms with Crippen molar-refractivity contribution >= 4 is 0 Å². The molecule has 1 aliphatic carbocycles. The highest BCUT2D eigenvalue weighted by Crippen LogP contribution is 2.48. The van der Waals surface area contributed by atoms with Crippen LogP contribution >= 0.6 is 0 Å². The molecule has 0 radical (unpaired) electrons. The SMILES string of the molecule is CCCCC1(C(C)(C)C)C=CC(O)=CC1. The van der Waals surface area contributed by atoms with Crippen molar-refractivity contribution in [3.63, 3.8) is 0 Å². The summed E-state index contributed by atoms with van der Waals surface area (Å²) in [7, 11) is 0. The molecule has 1 rings (SSSR count). The first-order valence-corrected chi connectivity index (χ1v) is 6.00. The minimum absolute atomic E-state index is 0.231. The molecule has 0 aromatic carbocycles. The van der Waals surface area contributed by atoms with Crippen molar-refractivity contribution in [2.45, 2.75) is 53.4 Å². The Bertz CT molecular complexity index is 268. The average molecular weight is 208 g/mol. The van der Waals surface area contributed by atoms with E-state index in [2.05, 4.69) is 33.8 Å². The Morgan fingerprint density at radius 1 is 1.40 bits per heavy atom. The first-order chi connectivity index (χ1) is 6.91. The first-order valence-electron chi connectivity index (χ1n) is 6.00. The van der Waals surface area contributed by atoms with Gasteiger partial charge < -0.3 is 5.11 Å². The smallest absolute Gasteiger partial charge is 0.111 e. The van der Waals surface area contributed by atoms with Gasteiger partial charge >= 0.3 is 0 Å². The van der Waals surface area contributed by atoms with Gasteiger partial charge in [0, 0.05) is 0 Å². The fraction of sp³-hybridized carbons (Fsp3) is 0.714. The molecule has 0 spiro atoms. The van der Waals surface area contributed by atoms with Gasteiger partial charge in [0.15, 0.2) is 0 Å². The van der Waals surface area contributed by atoms with Gasteiger partial charge in [-0.15, -0.1) is 0 Å². The van der Waals surface area contributed by atoms with Crippen LogP contribution < -0.4 is 0 Å². The second kappa shape index (κ2) is 4.42. The standard InChI is InChI=1S/C14H24O/c1-5-6-9-14(13(2,3)4)10-7-12(15)8-11-14/h7-8,10,15H,5-6,9,11H2,1-4H3. The molecular formula is C14H24O. The Morgan fingerprint density at radius 3 is 2.47 bits per heavy atom. The summed E-state index contributed by atoms with van der Waals surface area (Å²) in [6.07, 6.45) is 10.7. The van der Waals surface area contributed by atoms with Crippen molar-refractivity contribution < 1.29 is 5.11 Å². The predicted octanol–water partition coefficient (Wildman–Crippen LogP) is 4.61. The van der Waals surface area contributed by atoms with E-state index in [1.807, 2.05) is 12.2 Å². The lowest BCUT2D eigenvalue weighted by Gasteiger charge is -2.44. The highest BCUT2D eigenvalue weighted by molar-refractivity contribution is 5.23. The van der Waals surface area contributed by atoms with Gasteiger partial charge in [0.05, 0.1) is 0 Å². The van der Waals surface area contributed by atoms with Gasteiger partial charge in [0.25, 0.3) is 0 Å². The Kier molecular flexibility index (Phi) is 3.64. The molecule has 1 heteroatoms. The van der Waals surface area contributed by atoms with E-state index in [0.29, 0.717) is 5.76 Å². The van der Waals surface area contributed by atoms with Crippen molar-refractivity contribution in [1.29, 1.82) is 0 Å². The number of hydrogen-bond donors (Lipinski definition) is 1. The fourth-order valence-corrected chi connectivity index (χ4v) is 2.28. The average Bonchev–Trinajstić information content (AvgIpc) is 2.16. The van der Waals surface area contributed by atoms with Crippen LogP contribution in [0.1, 0.15) is 53.4 Å². The topological polar surface area (TPSA) is 20.2 Å². The Hall–Kier alpha value is -0.720. The van der Waals surface area contributed by atoms with Crippen LogP contribution in [0.2, 0.25) is 0 Å². The summed E-state index contributed by atoms with van der Waals surface area (Å²) in [5, 5.41) is 9.41. The Morgan fingerprint density at radius 2 is 2.07 bits per heavy atom. The van der Waals surface area contributed by atoms with Gasteiger partial charge in [-0.2, -0.15) is 0 Å². The van der Waals surface area contributed by atoms with E-state index in [4.69, 9.17) is 0 Å². The summed E-state index contributed by atoms with van der Waals surface area (Å²) in [5.74, 6) is 0.423. The van der Waals surface area contributed by atoms with Crippen LogP contribution in [0.15, 0.2) is 24.0 Å². The summed E-state index contributed by atoms with van der Waals surface area (Å²) >= 11 is 0. The second-order valence-electron chi connectivity index (χ2n) is 5.68. The van der Waals surface area contributed by atoms with E-state index in [9.17, 15) is 5.11 Å². The number of rotatable bonds is 3. The maximum Gasteiger partial charge on any atom is 0.111 e. The quantitative estimate of drug-likeness (QED) is 0.718. The molecule has 1 N–H and O–H groups in total. The van der Waals surface area contributed by atoms with Gasteiger partial charge in [-0.3, -0.25) is 0 Å². The van der Waals surface area contributed by atoms with Crippen molar-refractivity contribution in [1.82, 2.24) is 0 Å². The van der Waals surface area contributed by atoms with Crippen LogP contribution in [0.3, 0.4) is 0 Å². The molecule has 0 bridgehead atoms. The summed E-state index contributed by atoms with van der Waals surface area (Å²) in [6.45, 7) is 9.12. The molecule has 0 aliphatic heterocycles. The van der Waals surface area contributed by atoms with Crippen molar-refractivity contribution in [2.24, 2.45) is 10.8 Å². The number of unbranched alkanes of at least 4 members (excludes halogenated alkanes) is 1. The fourth-order valence-electron chi connectivity index (χ4n) is 2.28. The third-order valence-electron chi connectivity index (χ3n) is 3.72. The van der Waals surface area contributed by atoms with E-state index in [1.54, 1.807) is 0 Å². The molecule has 0 aromatic rings. The van der Waals surface area contributed by atoms with Crippen LogP contribution in [0, 0.1) is 10.8 Å². The molecule has 0 amide bonds. The van der Waals surface area contributed by atoms with Crippen molar-refractivity contribution in [3.05, 3.63) is 24.0 Å². The molecule has 1 nitrogen and oxygen atoms in total. The molecule has 0 heterocycles. The van der Waals surface area contributed by atoms with Gasteiger partial charge in [-0.05, 0) is 35.8 Å². The lowest BCUT2D eigenvalue weighted by atomic mass is 9.61. The Balaban J connectivity index is 2.85. The highest BCUT2D eigenvalue weighted by Gasteiger charge is 2.39. The van der Waals surface area contributed by atoms with Crippen molar-refractivity contribution in [3.8, 4) is 0 Å². The van der Waals surface area contributed by atoms with E-state index in [1.165, 1.54) is 19.3 Å². The molecule has 0 saturated heterocycles. The zero-order valence-electron chi connectivity index (χ0n) is 10.5. The summed E-state index contributed by atoms with van der Waals surface area (Å²) in [4.78, 5) is 0. The molecule has 0 aromatic heterocycles. The zero-order chi connectivity index (χ0) is 11.5. The van der Waals surface area contributed by atoms with Gasteiger partial charge in [-0.25, -0.2) is 0 Å². The number of aliphatic hydroxyl groups is 1. The van der Waals surface area contributed by atoms with E-state index in [0.717, 1.165) is 6.42 Å². The largest absolute Gasteiger partial charge is 0.508 e. The molecule has 1 unspecified atom stereocenters. The van der Waals surface area contributed by atoms with Crippen LogP contribution in [-0.4, -0.2) is 5.11 Å².